The van der Waals surface area contributed by atoms with E-state index in [9.17, 15) is 4.39 Å². The maximum absolute atomic E-state index is 13.2. The van der Waals surface area contributed by atoms with Crippen molar-refractivity contribution in [2.75, 3.05) is 7.11 Å². The molecule has 0 saturated heterocycles. The van der Waals surface area contributed by atoms with Crippen molar-refractivity contribution < 1.29 is 13.9 Å². The van der Waals surface area contributed by atoms with Crippen LogP contribution in [0.5, 0.6) is 11.6 Å². The number of nitrogens with zero attached hydrogens (tertiary/aromatic N) is 3. The van der Waals surface area contributed by atoms with Crippen LogP contribution in [0.2, 0.25) is 0 Å². The Balaban J connectivity index is 1.62. The van der Waals surface area contributed by atoms with Gasteiger partial charge in [-0.15, -0.1) is 0 Å². The fourth-order valence-electron chi connectivity index (χ4n) is 3.18. The first kappa shape index (κ1) is 18.9. The van der Waals surface area contributed by atoms with Gasteiger partial charge in [0, 0.05) is 29.3 Å². The second-order valence-corrected chi connectivity index (χ2v) is 6.78. The van der Waals surface area contributed by atoms with E-state index < -0.39 is 0 Å². The second-order valence-electron chi connectivity index (χ2n) is 6.78. The quantitative estimate of drug-likeness (QED) is 0.536. The van der Waals surface area contributed by atoms with E-state index in [1.54, 1.807) is 42.4 Å². The summed E-state index contributed by atoms with van der Waals surface area (Å²) in [5.41, 5.74) is 8.71. The summed E-state index contributed by atoms with van der Waals surface area (Å²) in [6, 6.07) is 15.3. The van der Waals surface area contributed by atoms with Crippen molar-refractivity contribution in [1.29, 1.82) is 0 Å². The Morgan fingerprint density at radius 1 is 1.03 bits per heavy atom. The molecule has 0 aliphatic heterocycles. The maximum Gasteiger partial charge on any atom is 0.212 e. The van der Waals surface area contributed by atoms with Gasteiger partial charge in [0.05, 0.1) is 24.5 Å². The lowest BCUT2D eigenvalue weighted by Gasteiger charge is -2.23. The van der Waals surface area contributed by atoms with Crippen LogP contribution in [0.4, 0.5) is 4.39 Å². The highest BCUT2D eigenvalue weighted by Gasteiger charge is 2.19. The minimum Gasteiger partial charge on any atom is -0.484 e. The molecule has 2 unspecified atom stereocenters. The first-order valence-electron chi connectivity index (χ1n) is 9.21. The Bertz CT molecular complexity index is 1110. The summed E-state index contributed by atoms with van der Waals surface area (Å²) < 4.78 is 26.2. The van der Waals surface area contributed by atoms with Crippen LogP contribution in [-0.2, 0) is 0 Å². The number of hydrogen-bond donors (Lipinski definition) is 1. The molecule has 2 aromatic heterocycles. The predicted octanol–water partition coefficient (Wildman–Crippen LogP) is 4.04. The van der Waals surface area contributed by atoms with Crippen LogP contribution < -0.4 is 15.2 Å². The zero-order chi connectivity index (χ0) is 20.4. The average molecular weight is 392 g/mol. The number of halogens is 1. The predicted molar refractivity (Wildman–Crippen MR) is 109 cm³/mol. The number of aromatic nitrogens is 3. The zero-order valence-electron chi connectivity index (χ0n) is 16.1. The van der Waals surface area contributed by atoms with Crippen LogP contribution in [0.1, 0.15) is 18.6 Å². The summed E-state index contributed by atoms with van der Waals surface area (Å²) in [6.45, 7) is 1.89. The Labute approximate surface area is 167 Å². The number of hydrogen-bond acceptors (Lipinski definition) is 5. The van der Waals surface area contributed by atoms with E-state index in [1.165, 1.54) is 12.1 Å². The largest absolute Gasteiger partial charge is 0.484 e. The first-order valence-corrected chi connectivity index (χ1v) is 9.21. The molecule has 2 atom stereocenters. The monoisotopic (exact) mass is 392 g/mol. The van der Waals surface area contributed by atoms with Gasteiger partial charge in [0.2, 0.25) is 5.88 Å². The van der Waals surface area contributed by atoms with Crippen LogP contribution in [0.15, 0.2) is 67.0 Å². The molecule has 4 aromatic rings. The Morgan fingerprint density at radius 2 is 1.83 bits per heavy atom. The fraction of sp³-hybridized carbons (Fsp3) is 0.182. The molecule has 0 aliphatic rings. The van der Waals surface area contributed by atoms with Gasteiger partial charge in [0.15, 0.2) is 0 Å². The molecule has 148 valence electrons. The van der Waals surface area contributed by atoms with Gasteiger partial charge in [0.25, 0.3) is 0 Å². The summed E-state index contributed by atoms with van der Waals surface area (Å²) in [5.74, 6) is 0.928. The van der Waals surface area contributed by atoms with Crippen molar-refractivity contribution in [3.05, 3.63) is 78.4 Å². The minimum atomic E-state index is -0.363. The molecule has 0 bridgehead atoms. The summed E-state index contributed by atoms with van der Waals surface area (Å²) in [5, 5.41) is 5.32. The summed E-state index contributed by atoms with van der Waals surface area (Å²) in [7, 11) is 1.57. The van der Waals surface area contributed by atoms with E-state index in [2.05, 4.69) is 10.1 Å². The molecule has 2 N–H and O–H groups in total. The third kappa shape index (κ3) is 3.90. The van der Waals surface area contributed by atoms with Crippen molar-refractivity contribution in [2.24, 2.45) is 5.73 Å². The standard InChI is InChI=1S/C22H21FN4O2/c1-14(24)22(15-3-10-21(28-2)25-12-15)29-19-8-9-20-16(11-19)13-26-27(20)18-6-4-17(23)5-7-18/h3-14,22H,24H2,1-2H3. The molecule has 0 saturated carbocycles. The number of benzene rings is 2. The van der Waals surface area contributed by atoms with Gasteiger partial charge >= 0.3 is 0 Å². The lowest BCUT2D eigenvalue weighted by atomic mass is 10.1. The summed E-state index contributed by atoms with van der Waals surface area (Å²) in [4.78, 5) is 4.24. The number of ether oxygens (including phenoxy) is 2. The highest BCUT2D eigenvalue weighted by molar-refractivity contribution is 5.81. The van der Waals surface area contributed by atoms with Gasteiger partial charge in [-0.05, 0) is 55.5 Å². The highest BCUT2D eigenvalue weighted by atomic mass is 19.1. The lowest BCUT2D eigenvalue weighted by Crippen LogP contribution is -2.29. The Kier molecular flexibility index (Phi) is 5.14. The summed E-state index contributed by atoms with van der Waals surface area (Å²) in [6.07, 6.45) is 3.09. The van der Waals surface area contributed by atoms with Crippen LogP contribution in [-0.4, -0.2) is 27.9 Å². The lowest BCUT2D eigenvalue weighted by molar-refractivity contribution is 0.180. The number of pyridine rings is 1. The molecule has 29 heavy (non-hydrogen) atoms. The molecule has 6 nitrogen and oxygen atoms in total. The average Bonchev–Trinajstić information content (AvgIpc) is 3.16. The second kappa shape index (κ2) is 7.89. The van der Waals surface area contributed by atoms with Crippen LogP contribution >= 0.6 is 0 Å². The molecule has 0 aliphatic carbocycles. The molecular formula is C22H21FN4O2. The van der Waals surface area contributed by atoms with Crippen molar-refractivity contribution in [1.82, 2.24) is 14.8 Å². The molecule has 2 heterocycles. The molecule has 0 radical (unpaired) electrons. The van der Waals surface area contributed by atoms with Crippen LogP contribution in [0.25, 0.3) is 16.6 Å². The van der Waals surface area contributed by atoms with E-state index >= 15 is 0 Å². The zero-order valence-corrected chi connectivity index (χ0v) is 16.1. The van der Waals surface area contributed by atoms with Crippen molar-refractivity contribution in [3.63, 3.8) is 0 Å². The smallest absolute Gasteiger partial charge is 0.212 e. The maximum atomic E-state index is 13.2. The number of rotatable bonds is 6. The molecule has 4 rings (SSSR count). The minimum absolute atomic E-state index is 0.247. The molecule has 2 aromatic carbocycles. The molecule has 0 spiro atoms. The van der Waals surface area contributed by atoms with Gasteiger partial charge in [-0.25, -0.2) is 14.1 Å². The van der Waals surface area contributed by atoms with E-state index in [-0.39, 0.29) is 18.0 Å². The highest BCUT2D eigenvalue weighted by Crippen LogP contribution is 2.28. The normalized spacial score (nSPS) is 13.2. The Morgan fingerprint density at radius 3 is 2.48 bits per heavy atom. The number of fused-ring (bicyclic) bond motifs is 1. The SMILES string of the molecule is COc1ccc(C(Oc2ccc3c(cnn3-c3ccc(F)cc3)c2)C(C)N)cn1. The number of methoxy groups -OCH3 is 1. The fourth-order valence-corrected chi connectivity index (χ4v) is 3.18. The van der Waals surface area contributed by atoms with Gasteiger partial charge < -0.3 is 15.2 Å². The van der Waals surface area contributed by atoms with E-state index in [4.69, 9.17) is 15.2 Å². The van der Waals surface area contributed by atoms with Crippen molar-refractivity contribution in [2.45, 2.75) is 19.1 Å². The third-order valence-corrected chi connectivity index (χ3v) is 4.65. The first-order chi connectivity index (χ1) is 14.0. The van der Waals surface area contributed by atoms with E-state index in [0.29, 0.717) is 11.6 Å². The topological polar surface area (TPSA) is 75.2 Å². The van der Waals surface area contributed by atoms with Crippen molar-refractivity contribution in [3.8, 4) is 17.3 Å². The van der Waals surface area contributed by atoms with Gasteiger partial charge in [-0.3, -0.25) is 0 Å². The molecule has 0 fully saturated rings. The molecule has 7 heteroatoms. The van der Waals surface area contributed by atoms with Gasteiger partial charge in [-0.2, -0.15) is 5.10 Å². The Hall–Kier alpha value is -3.45. The van der Waals surface area contributed by atoms with Crippen LogP contribution in [0.3, 0.4) is 0 Å². The van der Waals surface area contributed by atoms with Gasteiger partial charge in [-0.1, -0.05) is 0 Å². The molecule has 0 amide bonds. The van der Waals surface area contributed by atoms with E-state index in [0.717, 1.165) is 22.2 Å². The molecular weight excluding hydrogens is 371 g/mol. The third-order valence-electron chi connectivity index (χ3n) is 4.65. The van der Waals surface area contributed by atoms with Crippen molar-refractivity contribution >= 4 is 10.9 Å². The summed E-state index contributed by atoms with van der Waals surface area (Å²) >= 11 is 0. The van der Waals surface area contributed by atoms with Crippen LogP contribution in [0, 0.1) is 5.82 Å². The number of nitrogens with two attached hydrogens (primary N) is 1. The van der Waals surface area contributed by atoms with Gasteiger partial charge in [0.1, 0.15) is 17.7 Å². The van der Waals surface area contributed by atoms with E-state index in [1.807, 2.05) is 31.2 Å².